The zero-order valence-electron chi connectivity index (χ0n) is 28.1. The van der Waals surface area contributed by atoms with E-state index in [0.717, 1.165) is 35.5 Å². The molecule has 0 aliphatic carbocycles. The topological polar surface area (TPSA) is 85.7 Å². The van der Waals surface area contributed by atoms with E-state index < -0.39 is 43.9 Å². The van der Waals surface area contributed by atoms with E-state index in [1.807, 2.05) is 52.2 Å². The van der Waals surface area contributed by atoms with Crippen molar-refractivity contribution in [2.24, 2.45) is 17.3 Å². The second kappa shape index (κ2) is 16.3. The average molecular weight is 620 g/mol. The number of rotatable bonds is 18. The molecule has 1 rings (SSSR count). The van der Waals surface area contributed by atoms with Gasteiger partial charge in [0.25, 0.3) is 0 Å². The van der Waals surface area contributed by atoms with Crippen LogP contribution in [0.4, 0.5) is 0 Å². The van der Waals surface area contributed by atoms with Crippen molar-refractivity contribution in [1.29, 1.82) is 0 Å². The van der Waals surface area contributed by atoms with Gasteiger partial charge < -0.3 is 14.3 Å². The van der Waals surface area contributed by atoms with Gasteiger partial charge in [-0.1, -0.05) is 60.6 Å². The van der Waals surface area contributed by atoms with Crippen molar-refractivity contribution in [1.82, 2.24) is 4.98 Å². The number of aliphatic hydroxyl groups excluding tert-OH is 1. The number of Topliss-reactive ketones (excluding diaryl/α,β-unsaturated/α-hetero) is 1. The zero-order chi connectivity index (χ0) is 32.5. The number of aromatic nitrogens is 1. The predicted octanol–water partition coefficient (Wildman–Crippen LogP) is 8.71. The van der Waals surface area contributed by atoms with Gasteiger partial charge in [0.1, 0.15) is 11.9 Å². The summed E-state index contributed by atoms with van der Waals surface area (Å²) in [5, 5.41) is 13.9. The van der Waals surface area contributed by atoms with E-state index in [-0.39, 0.29) is 23.2 Å². The van der Waals surface area contributed by atoms with Crippen LogP contribution < -0.4 is 0 Å². The molecule has 1 heterocycles. The third-order valence-corrected chi connectivity index (χ3v) is 14.1. The first-order valence-electron chi connectivity index (χ1n) is 15.2. The first kappa shape index (κ1) is 38.2. The molecule has 0 fully saturated rings. The molecule has 1 N–H and O–H groups in total. The third kappa shape index (κ3) is 11.0. The molecule has 238 valence electrons. The lowest BCUT2D eigenvalue weighted by Crippen LogP contribution is -2.52. The van der Waals surface area contributed by atoms with Crippen molar-refractivity contribution in [2.45, 2.75) is 131 Å². The largest absolute Gasteiger partial charge is 0.457 e. The molecule has 1 aromatic rings. The number of hydrogen-bond acceptors (Lipinski definition) is 7. The molecule has 0 aromatic carbocycles. The van der Waals surface area contributed by atoms with Crippen molar-refractivity contribution in [3.05, 3.63) is 47.0 Å². The van der Waals surface area contributed by atoms with Crippen molar-refractivity contribution in [3.63, 3.8) is 0 Å². The van der Waals surface area contributed by atoms with Crippen molar-refractivity contribution in [2.75, 3.05) is 0 Å². The van der Waals surface area contributed by atoms with Crippen LogP contribution in [0, 0.1) is 24.2 Å². The molecule has 6 nitrogen and oxygen atoms in total. The highest BCUT2D eigenvalue weighted by Crippen LogP contribution is 2.42. The number of hydrogen-bond donors (Lipinski definition) is 1. The Morgan fingerprint density at radius 2 is 1.76 bits per heavy atom. The molecule has 0 radical (unpaired) electrons. The maximum atomic E-state index is 14.0. The van der Waals surface area contributed by atoms with Gasteiger partial charge in [-0.3, -0.25) is 9.59 Å². The Morgan fingerprint density at radius 1 is 1.14 bits per heavy atom. The molecule has 0 saturated heterocycles. The van der Waals surface area contributed by atoms with Gasteiger partial charge in [-0.15, -0.1) is 24.5 Å². The highest BCUT2D eigenvalue weighted by Gasteiger charge is 2.48. The second-order valence-corrected chi connectivity index (χ2v) is 19.6. The van der Waals surface area contributed by atoms with Gasteiger partial charge in [0, 0.05) is 23.1 Å². The Kier molecular flexibility index (Phi) is 14.8. The van der Waals surface area contributed by atoms with Crippen LogP contribution in [0.3, 0.4) is 0 Å². The molecule has 0 bridgehead atoms. The minimum absolute atomic E-state index is 0.0413. The van der Waals surface area contributed by atoms with Gasteiger partial charge in [-0.05, 0) is 68.8 Å². The van der Waals surface area contributed by atoms with Gasteiger partial charge in [0.15, 0.2) is 8.32 Å². The van der Waals surface area contributed by atoms with Gasteiger partial charge in [-0.25, -0.2) is 4.98 Å². The summed E-state index contributed by atoms with van der Waals surface area (Å²) in [6, 6.07) is 0. The summed E-state index contributed by atoms with van der Waals surface area (Å²) in [7, 11) is -2.39. The zero-order valence-corrected chi connectivity index (χ0v) is 29.9. The fourth-order valence-electron chi connectivity index (χ4n) is 4.73. The highest BCUT2D eigenvalue weighted by atomic mass is 32.1. The fourth-order valence-corrected chi connectivity index (χ4v) is 6.75. The highest BCUT2D eigenvalue weighted by molar-refractivity contribution is 7.09. The lowest BCUT2D eigenvalue weighted by molar-refractivity contribution is -0.153. The first-order valence-corrected chi connectivity index (χ1v) is 19.0. The first-order chi connectivity index (χ1) is 19.3. The Balaban J connectivity index is 3.28. The number of aliphatic hydroxyl groups is 1. The Labute approximate surface area is 260 Å². The predicted molar refractivity (Wildman–Crippen MR) is 179 cm³/mol. The van der Waals surface area contributed by atoms with Crippen LogP contribution in [-0.2, 0) is 18.8 Å². The Hall–Kier alpha value is -1.87. The molecular weight excluding hydrogens is 563 g/mol. The summed E-state index contributed by atoms with van der Waals surface area (Å²) in [6.45, 7) is 29.6. The van der Waals surface area contributed by atoms with E-state index in [1.165, 1.54) is 0 Å². The van der Waals surface area contributed by atoms with Gasteiger partial charge in [0.05, 0.1) is 29.3 Å². The van der Waals surface area contributed by atoms with Crippen LogP contribution in [-0.4, -0.2) is 48.5 Å². The Morgan fingerprint density at radius 3 is 2.26 bits per heavy atom. The van der Waals surface area contributed by atoms with E-state index in [1.54, 1.807) is 24.3 Å². The number of unbranched alkanes of at least 4 members (excludes halogenated alkanes) is 1. The molecule has 0 aliphatic heterocycles. The summed E-state index contributed by atoms with van der Waals surface area (Å²) < 4.78 is 12.8. The summed E-state index contributed by atoms with van der Waals surface area (Å²) in [6.07, 6.45) is 6.52. The molecule has 0 saturated carbocycles. The maximum absolute atomic E-state index is 14.0. The normalized spacial score (nSPS) is 16.7. The lowest BCUT2D eigenvalue weighted by Gasteiger charge is -2.44. The molecule has 0 amide bonds. The smallest absolute Gasteiger partial charge is 0.309 e. The molecule has 42 heavy (non-hydrogen) atoms. The summed E-state index contributed by atoms with van der Waals surface area (Å²) in [4.78, 5) is 32.0. The molecule has 0 aliphatic rings. The number of aryl methyl sites for hydroxylation is 1. The number of thiazole rings is 1. The number of ketones is 1. The number of carbonyl (C=O) groups is 2. The summed E-state index contributed by atoms with van der Waals surface area (Å²) in [5.41, 5.74) is 0.664. The molecule has 0 spiro atoms. The van der Waals surface area contributed by atoms with E-state index in [9.17, 15) is 14.7 Å². The third-order valence-electron chi connectivity index (χ3n) is 8.79. The van der Waals surface area contributed by atoms with Crippen LogP contribution >= 0.6 is 11.3 Å². The van der Waals surface area contributed by atoms with Crippen LogP contribution in [0.5, 0.6) is 0 Å². The average Bonchev–Trinajstić information content (AvgIpc) is 3.29. The number of carbonyl (C=O) groups excluding carboxylic acids is 2. The maximum Gasteiger partial charge on any atom is 0.309 e. The molecular formula is C34H57NO5SSi. The number of esters is 1. The monoisotopic (exact) mass is 619 g/mol. The van der Waals surface area contributed by atoms with Crippen LogP contribution in [0.2, 0.25) is 18.1 Å². The van der Waals surface area contributed by atoms with Crippen molar-refractivity contribution >= 4 is 37.5 Å². The second-order valence-electron chi connectivity index (χ2n) is 13.8. The fraction of sp³-hybridized carbons (Fsp3) is 0.676. The van der Waals surface area contributed by atoms with Crippen LogP contribution in [0.25, 0.3) is 6.08 Å². The Bertz CT molecular complexity index is 1080. The van der Waals surface area contributed by atoms with E-state index in [4.69, 9.17) is 9.16 Å². The standard InChI is InChI=1S/C34H57NO5SSi/c1-14-16-17-19-23(3)31(37)25(5)32(38)34(10,11)29(40-42(12,13)33(7,8)9)21-30(36)39-28(18-15-2)24(4)20-27-22-41-26(6)35-27/h14-15,20,22-23,25,28-29,31,37H,1-2,16-19,21H2,3-13H3/t23-,25+,28-,29-,31-/m0/s1. The van der Waals surface area contributed by atoms with Gasteiger partial charge in [-0.2, -0.15) is 0 Å². The van der Waals surface area contributed by atoms with Crippen LogP contribution in [0.15, 0.2) is 36.3 Å². The van der Waals surface area contributed by atoms with Crippen molar-refractivity contribution < 1.29 is 23.9 Å². The van der Waals surface area contributed by atoms with E-state index >= 15 is 0 Å². The number of ether oxygens (including phenoxy) is 1. The van der Waals surface area contributed by atoms with E-state index in [0.29, 0.717) is 6.42 Å². The molecule has 5 atom stereocenters. The SMILES string of the molecule is C=CCCC[C@H](C)[C@H](O)[C@@H](C)C(=O)C(C)(C)[C@H](CC(=O)O[C@@H](CC=C)C(C)=Cc1csc(C)n1)O[Si](C)(C)C(C)(C)C. The van der Waals surface area contributed by atoms with E-state index in [2.05, 4.69) is 52.0 Å². The molecule has 0 unspecified atom stereocenters. The number of allylic oxidation sites excluding steroid dienone is 1. The number of nitrogens with zero attached hydrogens (tertiary/aromatic N) is 1. The summed E-state index contributed by atoms with van der Waals surface area (Å²) in [5.74, 6) is -1.19. The van der Waals surface area contributed by atoms with Gasteiger partial charge in [0.2, 0.25) is 0 Å². The quantitative estimate of drug-likeness (QED) is 0.0766. The van der Waals surface area contributed by atoms with Gasteiger partial charge >= 0.3 is 5.97 Å². The van der Waals surface area contributed by atoms with Crippen molar-refractivity contribution in [3.8, 4) is 0 Å². The summed E-state index contributed by atoms with van der Waals surface area (Å²) >= 11 is 1.57. The minimum Gasteiger partial charge on any atom is -0.457 e. The minimum atomic E-state index is -2.39. The lowest BCUT2D eigenvalue weighted by atomic mass is 9.73. The van der Waals surface area contributed by atoms with Crippen LogP contribution in [0.1, 0.15) is 98.2 Å². The molecule has 8 heteroatoms. The molecule has 1 aromatic heterocycles.